The van der Waals surface area contributed by atoms with Gasteiger partial charge in [0.15, 0.2) is 0 Å². The number of carbonyl (C=O) groups excluding carboxylic acids is 1. The Kier molecular flexibility index (Phi) is 6.67. The number of sulfonamides is 1. The number of benzene rings is 2. The fourth-order valence-electron chi connectivity index (χ4n) is 4.19. The minimum Gasteiger partial charge on any atom is -0.480 e. The van der Waals surface area contributed by atoms with Crippen LogP contribution in [0.5, 0.6) is 0 Å². The maximum Gasteiger partial charge on any atom is 0.325 e. The summed E-state index contributed by atoms with van der Waals surface area (Å²) in [5.41, 5.74) is -1.56. The highest BCUT2D eigenvalue weighted by Gasteiger charge is 2.74. The molecule has 0 unspecified atom stereocenters. The molecule has 0 bridgehead atoms. The lowest BCUT2D eigenvalue weighted by Gasteiger charge is -2.25. The Balaban J connectivity index is 1.67. The molecule has 2 aromatic carbocycles. The Morgan fingerprint density at radius 3 is 2.31 bits per heavy atom. The first-order valence-electron chi connectivity index (χ1n) is 10.6. The molecular weight excluding hydrogens is 510 g/mol. The van der Waals surface area contributed by atoms with Crippen LogP contribution in [0.3, 0.4) is 0 Å². The van der Waals surface area contributed by atoms with Crippen molar-refractivity contribution in [2.24, 2.45) is 0 Å². The van der Waals surface area contributed by atoms with Gasteiger partial charge in [0.25, 0.3) is 10.0 Å². The van der Waals surface area contributed by atoms with Gasteiger partial charge < -0.3 is 15.3 Å². The topological polar surface area (TPSA) is 116 Å². The fourth-order valence-corrected chi connectivity index (χ4v) is 7.05. The molecule has 4 rings (SSSR count). The third kappa shape index (κ3) is 4.66. The molecule has 3 aromatic rings. The number of hydrogen-bond donors (Lipinski definition) is 3. The van der Waals surface area contributed by atoms with Crippen LogP contribution in [0.2, 0.25) is 5.02 Å². The number of nitrogens with zero attached hydrogens (tertiary/aromatic N) is 1. The summed E-state index contributed by atoms with van der Waals surface area (Å²) in [6, 6.07) is 18.5. The van der Waals surface area contributed by atoms with Crippen molar-refractivity contribution < 1.29 is 23.1 Å². The van der Waals surface area contributed by atoms with Crippen LogP contribution in [0.4, 0.5) is 4.79 Å². The second-order valence-electron chi connectivity index (χ2n) is 8.62. The van der Waals surface area contributed by atoms with Crippen LogP contribution in [0.15, 0.2) is 70.9 Å². The molecule has 184 valence electrons. The zero-order chi connectivity index (χ0) is 25.4. The molecule has 8 nitrogen and oxygen atoms in total. The summed E-state index contributed by atoms with van der Waals surface area (Å²) in [6.07, 6.45) is -0.0122. The zero-order valence-electron chi connectivity index (χ0n) is 19.0. The van der Waals surface area contributed by atoms with Crippen LogP contribution in [-0.2, 0) is 20.2 Å². The number of nitrogens with one attached hydrogen (secondary N) is 2. The molecule has 0 saturated heterocycles. The Labute approximate surface area is 212 Å². The summed E-state index contributed by atoms with van der Waals surface area (Å²) in [4.78, 5) is 26.8. The summed E-state index contributed by atoms with van der Waals surface area (Å²) < 4.78 is 29.2. The number of aliphatic carboxylic acids is 1. The quantitative estimate of drug-likeness (QED) is 0.407. The first kappa shape index (κ1) is 25.2. The molecule has 1 saturated carbocycles. The number of thiophene rings is 1. The molecule has 2 atom stereocenters. The number of hydrogen-bond acceptors (Lipinski definition) is 5. The van der Waals surface area contributed by atoms with Crippen LogP contribution in [0.25, 0.3) is 10.4 Å². The first-order chi connectivity index (χ1) is 16.5. The second kappa shape index (κ2) is 9.27. The third-order valence-electron chi connectivity index (χ3n) is 6.18. The molecule has 11 heteroatoms. The summed E-state index contributed by atoms with van der Waals surface area (Å²) in [5, 5.41) is 13.5. The summed E-state index contributed by atoms with van der Waals surface area (Å²) in [6.45, 7) is -0.0523. The minimum absolute atomic E-state index is 0.00531. The van der Waals surface area contributed by atoms with Gasteiger partial charge in [-0.05, 0) is 41.8 Å². The number of halogens is 1. The maximum absolute atomic E-state index is 13.4. The van der Waals surface area contributed by atoms with Crippen molar-refractivity contribution in [3.63, 3.8) is 0 Å². The zero-order valence-corrected chi connectivity index (χ0v) is 21.4. The monoisotopic (exact) mass is 533 g/mol. The second-order valence-corrected chi connectivity index (χ2v) is 12.0. The fraction of sp³-hybridized carbons (Fsp3) is 0.250. The standard InChI is InChI=1S/C24H24ClN3O5S2/c1-28(2)22(31)26-15-23(17-6-4-3-5-7-17)14-24(23,21(29)30)27-35(32,33)20-13-12-19(34-20)16-8-10-18(25)11-9-16/h3-13,27H,14-15H2,1-2H3,(H,26,31)(H,29,30)/t23-,24+/m1/s1. The molecule has 35 heavy (non-hydrogen) atoms. The predicted octanol–water partition coefficient (Wildman–Crippen LogP) is 3.78. The van der Waals surface area contributed by atoms with E-state index in [1.54, 1.807) is 74.8 Å². The van der Waals surface area contributed by atoms with Crippen LogP contribution in [0, 0.1) is 0 Å². The van der Waals surface area contributed by atoms with E-state index in [4.69, 9.17) is 11.6 Å². The van der Waals surface area contributed by atoms with Crippen molar-refractivity contribution in [3.05, 3.63) is 77.3 Å². The number of amides is 2. The molecule has 2 amide bonds. The van der Waals surface area contributed by atoms with E-state index in [9.17, 15) is 23.1 Å². The number of carboxylic acids is 1. The largest absolute Gasteiger partial charge is 0.480 e. The number of urea groups is 1. The van der Waals surface area contributed by atoms with E-state index < -0.39 is 33.0 Å². The van der Waals surface area contributed by atoms with Crippen molar-refractivity contribution in [2.45, 2.75) is 21.6 Å². The van der Waals surface area contributed by atoms with Gasteiger partial charge in [0.1, 0.15) is 9.75 Å². The van der Waals surface area contributed by atoms with Gasteiger partial charge in [0, 0.05) is 36.0 Å². The van der Waals surface area contributed by atoms with Gasteiger partial charge in [0.05, 0.1) is 0 Å². The van der Waals surface area contributed by atoms with Gasteiger partial charge >= 0.3 is 12.0 Å². The van der Waals surface area contributed by atoms with E-state index in [0.29, 0.717) is 15.5 Å². The van der Waals surface area contributed by atoms with Crippen LogP contribution in [-0.4, -0.2) is 56.6 Å². The van der Waals surface area contributed by atoms with Crippen LogP contribution >= 0.6 is 22.9 Å². The normalized spacial score (nSPS) is 21.3. The van der Waals surface area contributed by atoms with E-state index in [0.717, 1.165) is 16.9 Å². The molecule has 0 aliphatic heterocycles. The average Bonchev–Trinajstić information content (AvgIpc) is 3.20. The Hall–Kier alpha value is -2.92. The van der Waals surface area contributed by atoms with Gasteiger partial charge in [-0.2, -0.15) is 4.72 Å². The van der Waals surface area contributed by atoms with E-state index in [1.807, 2.05) is 0 Å². The number of carboxylic acid groups (broad SMARTS) is 1. The Morgan fingerprint density at radius 2 is 1.71 bits per heavy atom. The van der Waals surface area contributed by atoms with Gasteiger partial charge in [-0.3, -0.25) is 4.79 Å². The Morgan fingerprint density at radius 1 is 1.06 bits per heavy atom. The highest BCUT2D eigenvalue weighted by molar-refractivity contribution is 7.91. The van der Waals surface area contributed by atoms with Crippen molar-refractivity contribution >= 4 is 45.0 Å². The van der Waals surface area contributed by atoms with Crippen molar-refractivity contribution in [1.82, 2.24) is 14.9 Å². The molecule has 3 N–H and O–H groups in total. The van der Waals surface area contributed by atoms with Crippen molar-refractivity contribution in [3.8, 4) is 10.4 Å². The lowest BCUT2D eigenvalue weighted by molar-refractivity contribution is -0.140. The van der Waals surface area contributed by atoms with Crippen molar-refractivity contribution in [1.29, 1.82) is 0 Å². The van der Waals surface area contributed by atoms with Crippen molar-refractivity contribution in [2.75, 3.05) is 20.6 Å². The lowest BCUT2D eigenvalue weighted by atomic mass is 9.90. The van der Waals surface area contributed by atoms with Crippen LogP contribution < -0.4 is 10.0 Å². The molecule has 0 radical (unpaired) electrons. The van der Waals surface area contributed by atoms with E-state index in [-0.39, 0.29) is 17.2 Å². The third-order valence-corrected chi connectivity index (χ3v) is 9.55. The molecule has 1 fully saturated rings. The summed E-state index contributed by atoms with van der Waals surface area (Å²) in [7, 11) is -1.05. The smallest absolute Gasteiger partial charge is 0.325 e. The van der Waals surface area contributed by atoms with Gasteiger partial charge in [-0.15, -0.1) is 11.3 Å². The van der Waals surface area contributed by atoms with E-state index >= 15 is 0 Å². The van der Waals surface area contributed by atoms with Gasteiger partial charge in [-0.1, -0.05) is 54.1 Å². The Bertz CT molecular complexity index is 1360. The highest BCUT2D eigenvalue weighted by Crippen LogP contribution is 2.58. The maximum atomic E-state index is 13.4. The number of carbonyl (C=O) groups is 2. The molecule has 1 aliphatic carbocycles. The lowest BCUT2D eigenvalue weighted by Crippen LogP contribution is -2.52. The molecule has 1 heterocycles. The summed E-state index contributed by atoms with van der Waals surface area (Å²) in [5.74, 6) is -1.31. The molecule has 1 aromatic heterocycles. The molecule has 0 spiro atoms. The van der Waals surface area contributed by atoms with Gasteiger partial charge in [0.2, 0.25) is 0 Å². The van der Waals surface area contributed by atoms with Crippen LogP contribution in [0.1, 0.15) is 12.0 Å². The van der Waals surface area contributed by atoms with Gasteiger partial charge in [-0.25, -0.2) is 13.2 Å². The first-order valence-corrected chi connectivity index (χ1v) is 13.3. The average molecular weight is 534 g/mol. The highest BCUT2D eigenvalue weighted by atomic mass is 35.5. The van der Waals surface area contributed by atoms with E-state index in [2.05, 4.69) is 10.0 Å². The molecule has 1 aliphatic rings. The summed E-state index contributed by atoms with van der Waals surface area (Å²) >= 11 is 6.97. The molecular formula is C24H24ClN3O5S2. The predicted molar refractivity (Wildman–Crippen MR) is 135 cm³/mol. The minimum atomic E-state index is -4.19. The SMILES string of the molecule is CN(C)C(=O)NC[C@@]1(c2ccccc2)C[C@]1(NS(=O)(=O)c1ccc(-c2ccc(Cl)cc2)s1)C(=O)O. The van der Waals surface area contributed by atoms with E-state index in [1.165, 1.54) is 11.0 Å². The number of rotatable bonds is 8.